The van der Waals surface area contributed by atoms with E-state index < -0.39 is 12.0 Å². The summed E-state index contributed by atoms with van der Waals surface area (Å²) in [5.41, 5.74) is 0.589. The van der Waals surface area contributed by atoms with Crippen LogP contribution >= 0.6 is 11.6 Å². The Kier molecular flexibility index (Phi) is 6.49. The van der Waals surface area contributed by atoms with Gasteiger partial charge in [-0.3, -0.25) is 4.79 Å². The Hall–Kier alpha value is -1.75. The summed E-state index contributed by atoms with van der Waals surface area (Å²) < 4.78 is 9.88. The van der Waals surface area contributed by atoms with Crippen molar-refractivity contribution in [1.82, 2.24) is 5.32 Å². The van der Waals surface area contributed by atoms with Crippen molar-refractivity contribution in [3.63, 3.8) is 0 Å². The Morgan fingerprint density at radius 2 is 1.95 bits per heavy atom. The first-order chi connectivity index (χ1) is 9.90. The summed E-state index contributed by atoms with van der Waals surface area (Å²) in [7, 11) is 2.80. The fourth-order valence-electron chi connectivity index (χ4n) is 1.91. The van der Waals surface area contributed by atoms with Crippen molar-refractivity contribution < 1.29 is 19.1 Å². The molecule has 1 aromatic carbocycles. The summed E-state index contributed by atoms with van der Waals surface area (Å²) in [6.45, 7) is 3.66. The van der Waals surface area contributed by atoms with E-state index in [0.717, 1.165) is 0 Å². The van der Waals surface area contributed by atoms with Gasteiger partial charge >= 0.3 is 5.97 Å². The molecular weight excluding hydrogens is 294 g/mol. The van der Waals surface area contributed by atoms with E-state index in [1.807, 2.05) is 13.8 Å². The fourth-order valence-corrected chi connectivity index (χ4v) is 2.14. The van der Waals surface area contributed by atoms with Gasteiger partial charge in [0.25, 0.3) is 0 Å². The normalized spacial score (nSPS) is 11.9. The van der Waals surface area contributed by atoms with Crippen LogP contribution in [0.15, 0.2) is 18.2 Å². The molecule has 0 bridgehead atoms. The van der Waals surface area contributed by atoms with E-state index in [1.54, 1.807) is 18.2 Å². The number of benzene rings is 1. The monoisotopic (exact) mass is 313 g/mol. The lowest BCUT2D eigenvalue weighted by atomic mass is 10.0. The standard InChI is InChI=1S/C15H20ClNO4/c1-9(2)14(15(19)21-4)17-13(18)8-10-11(16)6-5-7-12(10)20-3/h5-7,9,14H,8H2,1-4H3,(H,17,18)/t14-/m0/s1. The molecule has 1 aromatic rings. The van der Waals surface area contributed by atoms with Crippen LogP contribution in [0.3, 0.4) is 0 Å². The van der Waals surface area contributed by atoms with Gasteiger partial charge in [-0.25, -0.2) is 4.79 Å². The number of carbonyl (C=O) groups excluding carboxylic acids is 2. The smallest absolute Gasteiger partial charge is 0.328 e. The molecule has 1 N–H and O–H groups in total. The predicted octanol–water partition coefficient (Wildman–Crippen LogP) is 2.20. The average Bonchev–Trinajstić information content (AvgIpc) is 2.45. The van der Waals surface area contributed by atoms with Crippen LogP contribution in [-0.2, 0) is 20.7 Å². The molecule has 0 aliphatic heterocycles. The highest BCUT2D eigenvalue weighted by Gasteiger charge is 2.25. The van der Waals surface area contributed by atoms with Crippen molar-refractivity contribution in [1.29, 1.82) is 0 Å². The van der Waals surface area contributed by atoms with Gasteiger partial charge in [-0.2, -0.15) is 0 Å². The lowest BCUT2D eigenvalue weighted by Gasteiger charge is -2.20. The summed E-state index contributed by atoms with van der Waals surface area (Å²) in [5, 5.41) is 3.11. The largest absolute Gasteiger partial charge is 0.496 e. The van der Waals surface area contributed by atoms with Crippen LogP contribution in [0.5, 0.6) is 5.75 Å². The van der Waals surface area contributed by atoms with E-state index >= 15 is 0 Å². The lowest BCUT2D eigenvalue weighted by molar-refractivity contribution is -0.146. The predicted molar refractivity (Wildman–Crippen MR) is 80.5 cm³/mol. The molecule has 0 fully saturated rings. The second kappa shape index (κ2) is 7.88. The van der Waals surface area contributed by atoms with E-state index in [0.29, 0.717) is 16.3 Å². The van der Waals surface area contributed by atoms with Crippen LogP contribution in [0.25, 0.3) is 0 Å². The molecule has 21 heavy (non-hydrogen) atoms. The summed E-state index contributed by atoms with van der Waals surface area (Å²) in [5.74, 6) is -0.318. The molecule has 1 atom stereocenters. The number of methoxy groups -OCH3 is 2. The van der Waals surface area contributed by atoms with Crippen molar-refractivity contribution >= 4 is 23.5 Å². The van der Waals surface area contributed by atoms with Crippen LogP contribution in [0.1, 0.15) is 19.4 Å². The van der Waals surface area contributed by atoms with Crippen LogP contribution < -0.4 is 10.1 Å². The second-order valence-corrected chi connectivity index (χ2v) is 5.32. The minimum atomic E-state index is -0.684. The number of rotatable bonds is 6. The van der Waals surface area contributed by atoms with Gasteiger partial charge in [0.05, 0.1) is 20.6 Å². The zero-order valence-corrected chi connectivity index (χ0v) is 13.4. The third-order valence-corrected chi connectivity index (χ3v) is 3.43. The number of amides is 1. The van der Waals surface area contributed by atoms with Gasteiger partial charge in [0.2, 0.25) is 5.91 Å². The molecule has 0 saturated heterocycles. The Morgan fingerprint density at radius 1 is 1.29 bits per heavy atom. The highest BCUT2D eigenvalue weighted by molar-refractivity contribution is 6.31. The molecule has 0 saturated carbocycles. The molecule has 0 radical (unpaired) electrons. The molecule has 1 rings (SSSR count). The summed E-state index contributed by atoms with van der Waals surface area (Å²) in [6, 6.07) is 4.48. The topological polar surface area (TPSA) is 64.6 Å². The molecule has 0 unspecified atom stereocenters. The van der Waals surface area contributed by atoms with Crippen LogP contribution in [0, 0.1) is 5.92 Å². The van der Waals surface area contributed by atoms with Gasteiger partial charge < -0.3 is 14.8 Å². The number of esters is 1. The molecule has 116 valence electrons. The molecule has 0 aromatic heterocycles. The quantitative estimate of drug-likeness (QED) is 0.818. The van der Waals surface area contributed by atoms with E-state index in [1.165, 1.54) is 14.2 Å². The van der Waals surface area contributed by atoms with Gasteiger partial charge in [-0.05, 0) is 18.1 Å². The lowest BCUT2D eigenvalue weighted by Crippen LogP contribution is -2.45. The first-order valence-corrected chi connectivity index (χ1v) is 6.97. The Balaban J connectivity index is 2.84. The molecule has 0 aliphatic carbocycles. The molecular formula is C15H20ClNO4. The van der Waals surface area contributed by atoms with E-state index in [2.05, 4.69) is 10.1 Å². The fraction of sp³-hybridized carbons (Fsp3) is 0.467. The van der Waals surface area contributed by atoms with Crippen LogP contribution in [0.4, 0.5) is 0 Å². The molecule has 5 nitrogen and oxygen atoms in total. The number of carbonyl (C=O) groups is 2. The zero-order chi connectivity index (χ0) is 16.0. The molecule has 1 amide bonds. The maximum Gasteiger partial charge on any atom is 0.328 e. The molecule has 6 heteroatoms. The Morgan fingerprint density at radius 3 is 2.48 bits per heavy atom. The van der Waals surface area contributed by atoms with E-state index in [4.69, 9.17) is 16.3 Å². The van der Waals surface area contributed by atoms with Crippen molar-refractivity contribution in [2.45, 2.75) is 26.3 Å². The van der Waals surface area contributed by atoms with E-state index in [-0.39, 0.29) is 18.2 Å². The van der Waals surface area contributed by atoms with Crippen molar-refractivity contribution in [3.8, 4) is 5.75 Å². The highest BCUT2D eigenvalue weighted by Crippen LogP contribution is 2.26. The number of hydrogen-bond donors (Lipinski definition) is 1. The second-order valence-electron chi connectivity index (χ2n) is 4.91. The number of hydrogen-bond acceptors (Lipinski definition) is 4. The van der Waals surface area contributed by atoms with Gasteiger partial charge in [0.1, 0.15) is 11.8 Å². The first-order valence-electron chi connectivity index (χ1n) is 6.59. The number of halogens is 1. The number of nitrogens with one attached hydrogen (secondary N) is 1. The molecule has 0 aliphatic rings. The van der Waals surface area contributed by atoms with Crippen molar-refractivity contribution in [3.05, 3.63) is 28.8 Å². The van der Waals surface area contributed by atoms with Gasteiger partial charge in [0, 0.05) is 10.6 Å². The van der Waals surface area contributed by atoms with Crippen molar-refractivity contribution in [2.75, 3.05) is 14.2 Å². The Bertz CT molecular complexity index is 516. The summed E-state index contributed by atoms with van der Waals surface area (Å²) in [6.07, 6.45) is 0.0308. The summed E-state index contributed by atoms with van der Waals surface area (Å²) >= 11 is 6.09. The third kappa shape index (κ3) is 4.63. The Labute approximate surface area is 129 Å². The van der Waals surface area contributed by atoms with Crippen LogP contribution in [0.2, 0.25) is 5.02 Å². The number of ether oxygens (including phenoxy) is 2. The van der Waals surface area contributed by atoms with Crippen LogP contribution in [-0.4, -0.2) is 32.1 Å². The van der Waals surface area contributed by atoms with Gasteiger partial charge in [-0.1, -0.05) is 31.5 Å². The summed E-state index contributed by atoms with van der Waals surface area (Å²) in [4.78, 5) is 23.8. The van der Waals surface area contributed by atoms with Gasteiger partial charge in [-0.15, -0.1) is 0 Å². The minimum absolute atomic E-state index is 0.0308. The highest BCUT2D eigenvalue weighted by atomic mass is 35.5. The minimum Gasteiger partial charge on any atom is -0.496 e. The average molecular weight is 314 g/mol. The molecule has 0 spiro atoms. The maximum atomic E-state index is 12.1. The van der Waals surface area contributed by atoms with E-state index in [9.17, 15) is 9.59 Å². The zero-order valence-electron chi connectivity index (χ0n) is 12.6. The first kappa shape index (κ1) is 17.3. The third-order valence-electron chi connectivity index (χ3n) is 3.07. The van der Waals surface area contributed by atoms with Crippen molar-refractivity contribution in [2.24, 2.45) is 5.92 Å². The SMILES string of the molecule is COC(=O)[C@@H](NC(=O)Cc1c(Cl)cccc1OC)C(C)C. The molecule has 0 heterocycles. The van der Waals surface area contributed by atoms with Gasteiger partial charge in [0.15, 0.2) is 0 Å². The maximum absolute atomic E-state index is 12.1.